The highest BCUT2D eigenvalue weighted by atomic mass is 32.1. The fourth-order valence-electron chi connectivity index (χ4n) is 8.95. The number of aliphatic hydroxyl groups excluding tert-OH is 2. The molecule has 2 bridgehead atoms. The van der Waals surface area contributed by atoms with Gasteiger partial charge in [-0.05, 0) is 84.7 Å². The van der Waals surface area contributed by atoms with Gasteiger partial charge in [-0.25, -0.2) is 4.98 Å². The van der Waals surface area contributed by atoms with Crippen LogP contribution in [0.15, 0.2) is 29.6 Å². The first-order valence-electron chi connectivity index (χ1n) is 20.1. The molecule has 15 heteroatoms. The van der Waals surface area contributed by atoms with Gasteiger partial charge in [0.2, 0.25) is 5.91 Å². The lowest BCUT2D eigenvalue weighted by atomic mass is 9.77. The number of anilines is 1. The van der Waals surface area contributed by atoms with Crippen molar-refractivity contribution < 1.29 is 43.8 Å². The van der Waals surface area contributed by atoms with E-state index in [1.807, 2.05) is 57.4 Å². The fourth-order valence-corrected chi connectivity index (χ4v) is 9.81. The Bertz CT molecular complexity index is 1670. The number of benzene rings is 1. The Morgan fingerprint density at radius 3 is 2.40 bits per heavy atom. The lowest BCUT2D eigenvalue weighted by Gasteiger charge is -2.49. The zero-order valence-corrected chi connectivity index (χ0v) is 36.2. The second-order valence-corrected chi connectivity index (χ2v) is 18.3. The summed E-state index contributed by atoms with van der Waals surface area (Å²) in [6.07, 6.45) is -5.20. The average Bonchev–Trinajstić information content (AvgIpc) is 3.65. The number of carbonyl (C=O) groups is 1. The van der Waals surface area contributed by atoms with Crippen molar-refractivity contribution in [1.82, 2.24) is 15.2 Å². The Balaban J connectivity index is 1.58. The highest BCUT2D eigenvalue weighted by Gasteiger charge is 2.51. The quantitative estimate of drug-likeness (QED) is 0.301. The summed E-state index contributed by atoms with van der Waals surface area (Å²) in [6.45, 7) is 13.5. The summed E-state index contributed by atoms with van der Waals surface area (Å²) in [7, 11) is 7.32. The van der Waals surface area contributed by atoms with Gasteiger partial charge in [0.25, 0.3) is 0 Å². The molecule has 4 heterocycles. The summed E-state index contributed by atoms with van der Waals surface area (Å²) in [5, 5.41) is 50.7. The molecule has 1 aromatic heterocycles. The van der Waals surface area contributed by atoms with E-state index in [-0.39, 0.29) is 30.4 Å². The van der Waals surface area contributed by atoms with Crippen molar-refractivity contribution in [3.63, 3.8) is 0 Å². The molecule has 0 radical (unpaired) electrons. The number of nitrogens with zero attached hydrogens (tertiary/aromatic N) is 4. The molecule has 2 aromatic rings. The number of methoxy groups -OCH3 is 1. The van der Waals surface area contributed by atoms with E-state index in [2.05, 4.69) is 23.2 Å². The molecule has 318 valence electrons. The van der Waals surface area contributed by atoms with E-state index in [4.69, 9.17) is 28.7 Å². The number of aromatic nitrogens is 1. The zero-order chi connectivity index (χ0) is 42.0. The largest absolute Gasteiger partial charge is 0.387 e. The van der Waals surface area contributed by atoms with Gasteiger partial charge in [-0.2, -0.15) is 5.26 Å². The maximum atomic E-state index is 14.7. The Kier molecular flexibility index (Phi) is 14.8. The molecule has 5 rings (SSSR count). The second kappa shape index (κ2) is 18.7. The van der Waals surface area contributed by atoms with Crippen LogP contribution in [0.1, 0.15) is 90.6 Å². The van der Waals surface area contributed by atoms with Crippen LogP contribution in [0.5, 0.6) is 0 Å². The number of ether oxygens (including phenoxy) is 5. The van der Waals surface area contributed by atoms with E-state index in [9.17, 15) is 25.4 Å². The normalized spacial score (nSPS) is 39.9. The molecule has 1 amide bonds. The predicted octanol–water partition coefficient (Wildman–Crippen LogP) is 4.01. The molecular formula is C42H65N5O9S. The number of nitriles is 1. The van der Waals surface area contributed by atoms with E-state index < -0.39 is 72.2 Å². The molecule has 0 saturated carbocycles. The third-order valence-electron chi connectivity index (χ3n) is 12.2. The molecule has 0 unspecified atom stereocenters. The van der Waals surface area contributed by atoms with Crippen molar-refractivity contribution in [3.8, 4) is 6.07 Å². The zero-order valence-electron chi connectivity index (χ0n) is 35.4. The summed E-state index contributed by atoms with van der Waals surface area (Å²) in [5.74, 6) is -1.88. The second-order valence-electron chi connectivity index (χ2n) is 17.5. The standard InChI is InChI=1S/C42H65N5O9S/c1-23-18-41(6,51)37(56-39-34(48)32(46(8)9)16-24(2)53-39)25(3)35(55-33-19-42(7,52-11)36(49)27(5)54-33)26(4)38(50)44-30(17-28-12-14-29(20-43)15-13-28)31-22-57-40(45-31)47(10)21-23/h12-15,22-27,30,32-37,39,48-49,51H,16-19,21H2,1-11H3,(H,44,50)/t23-,24-,25+,26-,27+,30+,32+,33+,34-,35+,36+,37-,39+,41-,42-/m1/s1. The van der Waals surface area contributed by atoms with Gasteiger partial charge in [0, 0.05) is 44.5 Å². The summed E-state index contributed by atoms with van der Waals surface area (Å²) >= 11 is 1.48. The lowest BCUT2D eigenvalue weighted by molar-refractivity contribution is -0.317. The molecule has 4 N–H and O–H groups in total. The van der Waals surface area contributed by atoms with Crippen LogP contribution in [0.3, 0.4) is 0 Å². The summed E-state index contributed by atoms with van der Waals surface area (Å²) < 4.78 is 32.0. The minimum Gasteiger partial charge on any atom is -0.387 e. The van der Waals surface area contributed by atoms with Gasteiger partial charge < -0.3 is 54.1 Å². The maximum Gasteiger partial charge on any atom is 0.226 e. The summed E-state index contributed by atoms with van der Waals surface area (Å²) in [6, 6.07) is 8.68. The number of thiazole rings is 1. The van der Waals surface area contributed by atoms with E-state index in [1.54, 1.807) is 39.8 Å². The third-order valence-corrected chi connectivity index (χ3v) is 13.2. The van der Waals surface area contributed by atoms with Gasteiger partial charge in [0.05, 0.1) is 64.9 Å². The number of carbonyl (C=O) groups excluding carboxylic acids is 1. The fraction of sp³-hybridized carbons (Fsp3) is 0.738. The van der Waals surface area contributed by atoms with Crippen molar-refractivity contribution in [2.24, 2.45) is 17.8 Å². The molecule has 1 aromatic carbocycles. The van der Waals surface area contributed by atoms with Crippen molar-refractivity contribution in [2.75, 3.05) is 39.7 Å². The van der Waals surface area contributed by atoms with Crippen LogP contribution in [-0.4, -0.2) is 132 Å². The Morgan fingerprint density at radius 2 is 1.77 bits per heavy atom. The molecule has 57 heavy (non-hydrogen) atoms. The predicted molar refractivity (Wildman–Crippen MR) is 216 cm³/mol. The number of hydrogen-bond acceptors (Lipinski definition) is 14. The highest BCUT2D eigenvalue weighted by molar-refractivity contribution is 7.13. The van der Waals surface area contributed by atoms with Crippen LogP contribution in [-0.2, 0) is 34.9 Å². The molecular weight excluding hydrogens is 751 g/mol. The van der Waals surface area contributed by atoms with Gasteiger partial charge in [0.15, 0.2) is 17.7 Å². The SMILES string of the molecule is CO[C@]1(C)C[C@H](O[C@H]2[C@H](C)[C@@H](O[C@@H]3O[C@H](C)C[C@H](N(C)C)[C@H]3O)[C@](C)(O)C[C@@H](C)CN(C)c3nc(cs3)[C@H](Cc3ccc(C#N)cc3)NC(=O)[C@@H]2C)O[C@@H](C)[C@@H]1O. The van der Waals surface area contributed by atoms with Crippen LogP contribution < -0.4 is 10.2 Å². The smallest absolute Gasteiger partial charge is 0.226 e. The molecule has 3 aliphatic rings. The van der Waals surface area contributed by atoms with Gasteiger partial charge in [0.1, 0.15) is 12.2 Å². The molecule has 3 aliphatic heterocycles. The molecule has 2 saturated heterocycles. The summed E-state index contributed by atoms with van der Waals surface area (Å²) in [4.78, 5) is 23.7. The van der Waals surface area contributed by atoms with Gasteiger partial charge in [-0.15, -0.1) is 11.3 Å². The number of fused-ring (bicyclic) bond motifs is 2. The monoisotopic (exact) mass is 815 g/mol. The van der Waals surface area contributed by atoms with Gasteiger partial charge >= 0.3 is 0 Å². The lowest BCUT2D eigenvalue weighted by Crippen LogP contribution is -2.60. The molecule has 2 fully saturated rings. The molecule has 14 nitrogen and oxygen atoms in total. The number of amides is 1. The molecule has 0 spiro atoms. The Hall–Kier alpha value is -2.75. The number of likely N-dealkylation sites (N-methyl/N-ethyl adjacent to an activating group) is 1. The van der Waals surface area contributed by atoms with Crippen molar-refractivity contribution in [3.05, 3.63) is 46.5 Å². The number of nitrogens with one attached hydrogen (secondary N) is 1. The molecule has 15 atom stereocenters. The highest BCUT2D eigenvalue weighted by Crippen LogP contribution is 2.40. The van der Waals surface area contributed by atoms with E-state index >= 15 is 0 Å². The van der Waals surface area contributed by atoms with Crippen LogP contribution in [0.25, 0.3) is 0 Å². The van der Waals surface area contributed by atoms with Crippen LogP contribution in [0.4, 0.5) is 5.13 Å². The molecule has 0 aliphatic carbocycles. The van der Waals surface area contributed by atoms with Gasteiger partial charge in [-0.3, -0.25) is 4.79 Å². The van der Waals surface area contributed by atoms with Crippen molar-refractivity contribution in [2.45, 2.75) is 147 Å². The topological polar surface area (TPSA) is 179 Å². The number of hydrogen-bond donors (Lipinski definition) is 4. The first-order chi connectivity index (χ1) is 26.8. The van der Waals surface area contributed by atoms with Crippen LogP contribution >= 0.6 is 11.3 Å². The first-order valence-corrected chi connectivity index (χ1v) is 21.0. The van der Waals surface area contributed by atoms with E-state index in [0.717, 1.165) is 10.7 Å². The third kappa shape index (κ3) is 10.5. The van der Waals surface area contributed by atoms with E-state index in [1.165, 1.54) is 18.4 Å². The van der Waals surface area contributed by atoms with Crippen LogP contribution in [0, 0.1) is 29.1 Å². The average molecular weight is 816 g/mol. The van der Waals surface area contributed by atoms with Crippen molar-refractivity contribution >= 4 is 22.4 Å². The Labute approximate surface area is 342 Å². The van der Waals surface area contributed by atoms with Gasteiger partial charge in [-0.1, -0.05) is 32.9 Å². The number of rotatable bonds is 8. The minimum absolute atomic E-state index is 0.0520. The minimum atomic E-state index is -1.50. The van der Waals surface area contributed by atoms with E-state index in [0.29, 0.717) is 37.1 Å². The number of aliphatic hydroxyl groups is 3. The van der Waals surface area contributed by atoms with Crippen molar-refractivity contribution in [1.29, 1.82) is 5.26 Å². The van der Waals surface area contributed by atoms with Crippen LogP contribution in [0.2, 0.25) is 0 Å². The maximum absolute atomic E-state index is 14.7. The summed E-state index contributed by atoms with van der Waals surface area (Å²) in [5.41, 5.74) is -0.327. The first kappa shape index (κ1) is 45.3. The Morgan fingerprint density at radius 1 is 1.09 bits per heavy atom.